The molecule has 1 atom stereocenters. The lowest BCUT2D eigenvalue weighted by molar-refractivity contribution is 0.464. The van der Waals surface area contributed by atoms with E-state index in [4.69, 9.17) is 5.84 Å². The van der Waals surface area contributed by atoms with Crippen molar-refractivity contribution in [2.45, 2.75) is 51.5 Å². The zero-order valence-corrected chi connectivity index (χ0v) is 11.5. The first-order valence-electron chi connectivity index (χ1n) is 6.89. The molecule has 18 heavy (non-hydrogen) atoms. The molecule has 0 fully saturated rings. The van der Waals surface area contributed by atoms with Crippen LogP contribution in [0.1, 0.15) is 43.2 Å². The van der Waals surface area contributed by atoms with Crippen molar-refractivity contribution in [3.05, 3.63) is 48.0 Å². The van der Waals surface area contributed by atoms with E-state index in [1.54, 1.807) is 0 Å². The normalized spacial score (nSPS) is 12.3. The third kappa shape index (κ3) is 5.99. The molecule has 1 unspecified atom stereocenters. The molecule has 2 heteroatoms. The minimum atomic E-state index is 0.385. The molecule has 1 aromatic rings. The Morgan fingerprint density at radius 1 is 1.33 bits per heavy atom. The van der Waals surface area contributed by atoms with Crippen molar-refractivity contribution < 1.29 is 0 Å². The van der Waals surface area contributed by atoms with Gasteiger partial charge < -0.3 is 0 Å². The van der Waals surface area contributed by atoms with Gasteiger partial charge in [-0.1, -0.05) is 48.7 Å². The second-order valence-electron chi connectivity index (χ2n) is 4.98. The highest BCUT2D eigenvalue weighted by atomic mass is 15.2. The summed E-state index contributed by atoms with van der Waals surface area (Å²) in [6, 6.07) is 9.04. The van der Waals surface area contributed by atoms with Gasteiger partial charge in [0.15, 0.2) is 0 Å². The van der Waals surface area contributed by atoms with Gasteiger partial charge in [0.2, 0.25) is 0 Å². The van der Waals surface area contributed by atoms with Crippen molar-refractivity contribution in [1.29, 1.82) is 0 Å². The molecule has 0 saturated carbocycles. The summed E-state index contributed by atoms with van der Waals surface area (Å²) in [5, 5.41) is 0. The lowest BCUT2D eigenvalue weighted by atomic mass is 9.99. The summed E-state index contributed by atoms with van der Waals surface area (Å²) in [6.07, 6.45) is 9.00. The molecule has 100 valence electrons. The van der Waals surface area contributed by atoms with Crippen LogP contribution in [0.2, 0.25) is 0 Å². The van der Waals surface area contributed by atoms with Crippen molar-refractivity contribution >= 4 is 0 Å². The fraction of sp³-hybridized carbons (Fsp3) is 0.500. The molecule has 3 N–H and O–H groups in total. The van der Waals surface area contributed by atoms with Gasteiger partial charge in [0.25, 0.3) is 0 Å². The first kappa shape index (κ1) is 14.9. The first-order valence-corrected chi connectivity index (χ1v) is 6.89. The van der Waals surface area contributed by atoms with Gasteiger partial charge in [-0.3, -0.25) is 11.3 Å². The minimum Gasteiger partial charge on any atom is -0.271 e. The van der Waals surface area contributed by atoms with Crippen molar-refractivity contribution in [2.75, 3.05) is 0 Å². The van der Waals surface area contributed by atoms with Crippen molar-refractivity contribution in [2.24, 2.45) is 5.84 Å². The average molecular weight is 246 g/mol. The summed E-state index contributed by atoms with van der Waals surface area (Å²) in [5.74, 6) is 5.63. The number of rotatable bonds is 9. The second kappa shape index (κ2) is 8.90. The van der Waals surface area contributed by atoms with Crippen LogP contribution in [0.25, 0.3) is 0 Å². The summed E-state index contributed by atoms with van der Waals surface area (Å²) >= 11 is 0. The number of hydrogen-bond acceptors (Lipinski definition) is 2. The highest BCUT2D eigenvalue weighted by molar-refractivity contribution is 5.22. The number of nitrogens with one attached hydrogen (secondary N) is 1. The van der Waals surface area contributed by atoms with Gasteiger partial charge in [0.1, 0.15) is 0 Å². The fourth-order valence-corrected chi connectivity index (χ4v) is 2.22. The molecular weight excluding hydrogens is 220 g/mol. The molecule has 0 radical (unpaired) electrons. The van der Waals surface area contributed by atoms with E-state index in [2.05, 4.69) is 43.2 Å². The summed E-state index contributed by atoms with van der Waals surface area (Å²) in [6.45, 7) is 5.87. The lowest BCUT2D eigenvalue weighted by Gasteiger charge is -2.16. The monoisotopic (exact) mass is 246 g/mol. The van der Waals surface area contributed by atoms with Gasteiger partial charge in [-0.05, 0) is 38.2 Å². The van der Waals surface area contributed by atoms with Crippen molar-refractivity contribution in [3.8, 4) is 0 Å². The van der Waals surface area contributed by atoms with Crippen LogP contribution in [-0.4, -0.2) is 6.04 Å². The Morgan fingerprint density at radius 3 is 2.83 bits per heavy atom. The third-order valence-corrected chi connectivity index (χ3v) is 3.26. The molecule has 0 aliphatic carbocycles. The number of unbranched alkanes of at least 4 members (excludes halogenated alkanes) is 3. The van der Waals surface area contributed by atoms with E-state index in [1.807, 2.05) is 6.08 Å². The van der Waals surface area contributed by atoms with Crippen LogP contribution in [0.5, 0.6) is 0 Å². The molecule has 0 saturated heterocycles. The van der Waals surface area contributed by atoms with E-state index in [0.717, 1.165) is 19.3 Å². The molecule has 0 aliphatic heterocycles. The predicted molar refractivity (Wildman–Crippen MR) is 79.3 cm³/mol. The number of aryl methyl sites for hydroxylation is 1. The zero-order chi connectivity index (χ0) is 13.2. The first-order chi connectivity index (χ1) is 8.76. The highest BCUT2D eigenvalue weighted by Gasteiger charge is 2.07. The SMILES string of the molecule is C=CCCCCCC(Cc1cccc(C)c1)NN. The molecule has 0 heterocycles. The standard InChI is InChI=1S/C16H26N2/c1-3-4-5-6-7-11-16(18-17)13-15-10-8-9-14(2)12-15/h3,8-10,12,16,18H,1,4-7,11,13,17H2,2H3. The Balaban J connectivity index is 2.30. The number of nitrogens with two attached hydrogens (primary N) is 1. The van der Waals surface area contributed by atoms with Crippen LogP contribution in [-0.2, 0) is 6.42 Å². The van der Waals surface area contributed by atoms with E-state index in [1.165, 1.54) is 30.4 Å². The minimum absolute atomic E-state index is 0.385. The molecule has 1 rings (SSSR count). The third-order valence-electron chi connectivity index (χ3n) is 3.26. The fourth-order valence-electron chi connectivity index (χ4n) is 2.22. The Kier molecular flexibility index (Phi) is 7.38. The molecule has 0 aromatic heterocycles. The van der Waals surface area contributed by atoms with Gasteiger partial charge >= 0.3 is 0 Å². The maximum absolute atomic E-state index is 5.63. The molecule has 0 aliphatic rings. The summed E-state index contributed by atoms with van der Waals surface area (Å²) in [4.78, 5) is 0. The van der Waals surface area contributed by atoms with Crippen LogP contribution in [0, 0.1) is 6.92 Å². The van der Waals surface area contributed by atoms with Crippen LogP contribution in [0.15, 0.2) is 36.9 Å². The molecule has 1 aromatic carbocycles. The Labute approximate surface area is 111 Å². The summed E-state index contributed by atoms with van der Waals surface area (Å²) in [5.41, 5.74) is 5.62. The van der Waals surface area contributed by atoms with E-state index in [0.29, 0.717) is 6.04 Å². The van der Waals surface area contributed by atoms with Gasteiger partial charge in [-0.15, -0.1) is 6.58 Å². The molecule has 2 nitrogen and oxygen atoms in total. The van der Waals surface area contributed by atoms with E-state index in [-0.39, 0.29) is 0 Å². The maximum atomic E-state index is 5.63. The molecular formula is C16H26N2. The van der Waals surface area contributed by atoms with Gasteiger partial charge in [0.05, 0.1) is 0 Å². The summed E-state index contributed by atoms with van der Waals surface area (Å²) < 4.78 is 0. The van der Waals surface area contributed by atoms with Crippen LogP contribution in [0.4, 0.5) is 0 Å². The van der Waals surface area contributed by atoms with E-state index < -0.39 is 0 Å². The zero-order valence-electron chi connectivity index (χ0n) is 11.5. The number of benzene rings is 1. The molecule has 0 bridgehead atoms. The topological polar surface area (TPSA) is 38.0 Å². The van der Waals surface area contributed by atoms with Gasteiger partial charge in [0, 0.05) is 6.04 Å². The van der Waals surface area contributed by atoms with Crippen LogP contribution in [0.3, 0.4) is 0 Å². The Morgan fingerprint density at radius 2 is 2.17 bits per heavy atom. The van der Waals surface area contributed by atoms with E-state index >= 15 is 0 Å². The predicted octanol–water partition coefficient (Wildman–Crippen LogP) is 3.51. The number of hydrazine groups is 1. The maximum Gasteiger partial charge on any atom is 0.0250 e. The lowest BCUT2D eigenvalue weighted by Crippen LogP contribution is -2.36. The average Bonchev–Trinajstić information content (AvgIpc) is 2.37. The largest absolute Gasteiger partial charge is 0.271 e. The van der Waals surface area contributed by atoms with E-state index in [9.17, 15) is 0 Å². The van der Waals surface area contributed by atoms with Gasteiger partial charge in [-0.2, -0.15) is 0 Å². The summed E-state index contributed by atoms with van der Waals surface area (Å²) in [7, 11) is 0. The van der Waals surface area contributed by atoms with Crippen molar-refractivity contribution in [3.63, 3.8) is 0 Å². The van der Waals surface area contributed by atoms with Crippen LogP contribution < -0.4 is 11.3 Å². The second-order valence-corrected chi connectivity index (χ2v) is 4.98. The molecule has 0 spiro atoms. The van der Waals surface area contributed by atoms with Gasteiger partial charge in [-0.25, -0.2) is 0 Å². The quantitative estimate of drug-likeness (QED) is 0.303. The van der Waals surface area contributed by atoms with Crippen LogP contribution >= 0.6 is 0 Å². The number of allylic oxidation sites excluding steroid dienone is 1. The van der Waals surface area contributed by atoms with Crippen molar-refractivity contribution in [1.82, 2.24) is 5.43 Å². The Bertz CT molecular complexity index is 347. The Hall–Kier alpha value is -1.12. The smallest absolute Gasteiger partial charge is 0.0250 e. The highest BCUT2D eigenvalue weighted by Crippen LogP contribution is 2.11. The number of hydrogen-bond donors (Lipinski definition) is 2. The molecule has 0 amide bonds.